The first-order chi connectivity index (χ1) is 4.81. The van der Waals surface area contributed by atoms with Crippen LogP contribution in [0.3, 0.4) is 0 Å². The van der Waals surface area contributed by atoms with Gasteiger partial charge in [0.2, 0.25) is 8.32 Å². The van der Waals surface area contributed by atoms with Crippen molar-refractivity contribution in [1.82, 2.24) is 0 Å². The van der Waals surface area contributed by atoms with Crippen LogP contribution < -0.4 is 0 Å². The molecule has 0 aromatic carbocycles. The van der Waals surface area contributed by atoms with E-state index in [9.17, 15) is 0 Å². The highest BCUT2D eigenvalue weighted by Crippen LogP contribution is 2.11. The Labute approximate surface area is 71.6 Å². The van der Waals surface area contributed by atoms with Crippen LogP contribution >= 0.6 is 0 Å². The Bertz CT molecular complexity index is 142. The average molecular weight is 172 g/mol. The van der Waals surface area contributed by atoms with Crippen molar-refractivity contribution in [3.8, 4) is 0 Å². The van der Waals surface area contributed by atoms with Gasteiger partial charge < -0.3 is 4.43 Å². The van der Waals surface area contributed by atoms with Crippen LogP contribution in [0.4, 0.5) is 0 Å². The van der Waals surface area contributed by atoms with Crippen molar-refractivity contribution >= 4 is 8.32 Å². The molecule has 0 aromatic rings. The first-order valence-electron chi connectivity index (χ1n) is 4.18. The fourth-order valence-electron chi connectivity index (χ4n) is 0.986. The first-order valence-corrected chi connectivity index (χ1v) is 7.59. The second-order valence-corrected chi connectivity index (χ2v) is 8.66. The standard InChI is InChI=1S/C9H20OSi/c1-8(2)7-9(3)10-11(4,5)6/h7-8H,1-6H3. The fourth-order valence-corrected chi connectivity index (χ4v) is 2.02. The van der Waals surface area contributed by atoms with Gasteiger partial charge in [-0.25, -0.2) is 0 Å². The molecule has 0 aliphatic heterocycles. The highest BCUT2D eigenvalue weighted by Gasteiger charge is 2.15. The summed E-state index contributed by atoms with van der Waals surface area (Å²) in [6.45, 7) is 13.0. The van der Waals surface area contributed by atoms with Gasteiger partial charge in [-0.1, -0.05) is 13.8 Å². The van der Waals surface area contributed by atoms with E-state index in [2.05, 4.69) is 39.6 Å². The van der Waals surface area contributed by atoms with E-state index in [1.807, 2.05) is 6.92 Å². The fraction of sp³-hybridized carbons (Fsp3) is 0.778. The Hall–Kier alpha value is -0.243. The van der Waals surface area contributed by atoms with Crippen LogP contribution in [0.5, 0.6) is 0 Å². The van der Waals surface area contributed by atoms with E-state index < -0.39 is 8.32 Å². The summed E-state index contributed by atoms with van der Waals surface area (Å²) >= 11 is 0. The molecule has 0 atom stereocenters. The van der Waals surface area contributed by atoms with E-state index in [0.717, 1.165) is 5.76 Å². The van der Waals surface area contributed by atoms with Gasteiger partial charge in [0, 0.05) is 0 Å². The maximum absolute atomic E-state index is 5.75. The second kappa shape index (κ2) is 3.95. The maximum atomic E-state index is 5.75. The minimum atomic E-state index is -1.36. The van der Waals surface area contributed by atoms with E-state index in [-0.39, 0.29) is 0 Å². The van der Waals surface area contributed by atoms with Crippen molar-refractivity contribution < 1.29 is 4.43 Å². The van der Waals surface area contributed by atoms with Crippen LogP contribution in [-0.2, 0) is 4.43 Å². The van der Waals surface area contributed by atoms with Gasteiger partial charge in [0.25, 0.3) is 0 Å². The van der Waals surface area contributed by atoms with Gasteiger partial charge in [-0.15, -0.1) is 0 Å². The van der Waals surface area contributed by atoms with Gasteiger partial charge in [0.15, 0.2) is 0 Å². The molecule has 0 radical (unpaired) electrons. The zero-order valence-electron chi connectivity index (χ0n) is 8.56. The van der Waals surface area contributed by atoms with Crippen LogP contribution in [0.1, 0.15) is 20.8 Å². The summed E-state index contributed by atoms with van der Waals surface area (Å²) in [5, 5.41) is 0. The lowest BCUT2D eigenvalue weighted by atomic mass is 10.2. The lowest BCUT2D eigenvalue weighted by Crippen LogP contribution is -2.24. The number of hydrogen-bond acceptors (Lipinski definition) is 1. The number of rotatable bonds is 3. The zero-order chi connectivity index (χ0) is 9.07. The molecule has 0 saturated carbocycles. The Morgan fingerprint density at radius 3 is 2.00 bits per heavy atom. The van der Waals surface area contributed by atoms with Crippen LogP contribution in [0.25, 0.3) is 0 Å². The molecule has 11 heavy (non-hydrogen) atoms. The average Bonchev–Trinajstić information content (AvgIpc) is 1.53. The molecule has 0 saturated heterocycles. The van der Waals surface area contributed by atoms with Crippen molar-refractivity contribution in [2.75, 3.05) is 0 Å². The summed E-state index contributed by atoms with van der Waals surface area (Å²) in [7, 11) is -1.36. The van der Waals surface area contributed by atoms with E-state index >= 15 is 0 Å². The lowest BCUT2D eigenvalue weighted by Gasteiger charge is -2.19. The molecular formula is C9H20OSi. The highest BCUT2D eigenvalue weighted by molar-refractivity contribution is 6.70. The van der Waals surface area contributed by atoms with Crippen molar-refractivity contribution in [1.29, 1.82) is 0 Å². The van der Waals surface area contributed by atoms with Gasteiger partial charge in [-0.3, -0.25) is 0 Å². The molecule has 66 valence electrons. The largest absolute Gasteiger partial charge is 0.548 e. The van der Waals surface area contributed by atoms with E-state index in [4.69, 9.17) is 4.43 Å². The van der Waals surface area contributed by atoms with Gasteiger partial charge in [-0.05, 0) is 38.6 Å². The molecule has 0 heterocycles. The van der Waals surface area contributed by atoms with E-state index in [1.54, 1.807) is 0 Å². The van der Waals surface area contributed by atoms with Gasteiger partial charge in [0.05, 0.1) is 5.76 Å². The summed E-state index contributed by atoms with van der Waals surface area (Å²) < 4.78 is 5.75. The Morgan fingerprint density at radius 1 is 1.27 bits per heavy atom. The quantitative estimate of drug-likeness (QED) is 0.468. The van der Waals surface area contributed by atoms with E-state index in [0.29, 0.717) is 5.92 Å². The Kier molecular flexibility index (Phi) is 3.87. The molecule has 1 nitrogen and oxygen atoms in total. The predicted octanol–water partition coefficient (Wildman–Crippen LogP) is 3.40. The molecule has 0 bridgehead atoms. The normalized spacial score (nSPS) is 13.9. The third kappa shape index (κ3) is 7.66. The topological polar surface area (TPSA) is 9.23 Å². The van der Waals surface area contributed by atoms with Crippen LogP contribution in [0.15, 0.2) is 11.8 Å². The Balaban J connectivity index is 3.97. The molecule has 0 aliphatic rings. The highest BCUT2D eigenvalue weighted by atomic mass is 28.4. The first kappa shape index (κ1) is 10.8. The minimum absolute atomic E-state index is 0.589. The van der Waals surface area contributed by atoms with Crippen molar-refractivity contribution in [2.45, 2.75) is 40.4 Å². The molecule has 2 heteroatoms. The summed E-state index contributed by atoms with van der Waals surface area (Å²) in [5.74, 6) is 1.67. The van der Waals surface area contributed by atoms with Crippen molar-refractivity contribution in [3.05, 3.63) is 11.8 Å². The molecular weight excluding hydrogens is 152 g/mol. The lowest BCUT2D eigenvalue weighted by molar-refractivity contribution is 0.418. The molecule has 0 N–H and O–H groups in total. The Morgan fingerprint density at radius 2 is 1.73 bits per heavy atom. The zero-order valence-corrected chi connectivity index (χ0v) is 9.56. The summed E-state index contributed by atoms with van der Waals surface area (Å²) in [4.78, 5) is 0. The van der Waals surface area contributed by atoms with Crippen LogP contribution in [0, 0.1) is 5.92 Å². The smallest absolute Gasteiger partial charge is 0.241 e. The molecule has 0 aromatic heterocycles. The van der Waals surface area contributed by atoms with Crippen LogP contribution in [-0.4, -0.2) is 8.32 Å². The molecule has 0 aliphatic carbocycles. The van der Waals surface area contributed by atoms with E-state index in [1.165, 1.54) is 0 Å². The molecule has 0 amide bonds. The summed E-state index contributed by atoms with van der Waals surface area (Å²) in [6.07, 6.45) is 2.16. The summed E-state index contributed by atoms with van der Waals surface area (Å²) in [6, 6.07) is 0. The molecule has 0 unspecified atom stereocenters. The number of allylic oxidation sites excluding steroid dienone is 2. The third-order valence-electron chi connectivity index (χ3n) is 1.04. The van der Waals surface area contributed by atoms with Gasteiger partial charge >= 0.3 is 0 Å². The van der Waals surface area contributed by atoms with Crippen molar-refractivity contribution in [3.63, 3.8) is 0 Å². The maximum Gasteiger partial charge on any atom is 0.241 e. The summed E-state index contributed by atoms with van der Waals surface area (Å²) in [5.41, 5.74) is 0. The van der Waals surface area contributed by atoms with Gasteiger partial charge in [-0.2, -0.15) is 0 Å². The molecule has 0 rings (SSSR count). The predicted molar refractivity (Wildman–Crippen MR) is 53.0 cm³/mol. The minimum Gasteiger partial charge on any atom is -0.548 e. The monoisotopic (exact) mass is 172 g/mol. The SMILES string of the molecule is CC(=CC(C)C)O[Si](C)(C)C. The number of hydrogen-bond donors (Lipinski definition) is 0. The molecule has 0 fully saturated rings. The van der Waals surface area contributed by atoms with Crippen molar-refractivity contribution in [2.24, 2.45) is 5.92 Å². The van der Waals surface area contributed by atoms with Gasteiger partial charge in [0.1, 0.15) is 0 Å². The third-order valence-corrected chi connectivity index (χ3v) is 1.97. The molecule has 0 spiro atoms. The second-order valence-electron chi connectivity index (χ2n) is 4.24. The van der Waals surface area contributed by atoms with Crippen LogP contribution in [0.2, 0.25) is 19.6 Å².